The number of aldehydes is 1. The Hall–Kier alpha value is -3.41. The van der Waals surface area contributed by atoms with Crippen molar-refractivity contribution in [3.8, 4) is 11.4 Å². The molecule has 27 heavy (non-hydrogen) atoms. The number of hydrogen-bond donors (Lipinski definition) is 1. The highest BCUT2D eigenvalue weighted by atomic mass is 16.5. The summed E-state index contributed by atoms with van der Waals surface area (Å²) < 4.78 is 7.25. The molecule has 2 aromatic carbocycles. The van der Waals surface area contributed by atoms with Crippen LogP contribution in [0, 0.1) is 0 Å². The van der Waals surface area contributed by atoms with E-state index in [-0.39, 0.29) is 12.5 Å². The summed E-state index contributed by atoms with van der Waals surface area (Å²) in [4.78, 5) is 23.0. The van der Waals surface area contributed by atoms with Crippen molar-refractivity contribution in [2.75, 3.05) is 11.9 Å². The van der Waals surface area contributed by atoms with Gasteiger partial charge in [-0.25, -0.2) is 4.68 Å². The Balaban J connectivity index is 1.46. The van der Waals surface area contributed by atoms with Crippen LogP contribution in [0.1, 0.15) is 34.8 Å². The van der Waals surface area contributed by atoms with Gasteiger partial charge in [-0.2, -0.15) is 5.10 Å². The quantitative estimate of drug-likeness (QED) is 0.653. The number of nitrogens with one attached hydrogen (secondary N) is 1. The zero-order valence-corrected chi connectivity index (χ0v) is 14.7. The summed E-state index contributed by atoms with van der Waals surface area (Å²) in [6.07, 6.45) is 3.04. The van der Waals surface area contributed by atoms with E-state index in [1.54, 1.807) is 28.9 Å². The monoisotopic (exact) mass is 361 g/mol. The van der Waals surface area contributed by atoms with Crippen LogP contribution in [-0.4, -0.2) is 28.6 Å². The van der Waals surface area contributed by atoms with Gasteiger partial charge in [-0.1, -0.05) is 18.2 Å². The van der Waals surface area contributed by atoms with E-state index in [2.05, 4.69) is 10.4 Å². The van der Waals surface area contributed by atoms with E-state index < -0.39 is 0 Å². The second kappa shape index (κ2) is 7.45. The van der Waals surface area contributed by atoms with Crippen molar-refractivity contribution in [3.05, 3.63) is 71.9 Å². The first-order valence-corrected chi connectivity index (χ1v) is 8.86. The molecule has 1 amide bonds. The minimum atomic E-state index is -0.270. The zero-order valence-electron chi connectivity index (χ0n) is 14.7. The average molecular weight is 361 g/mol. The van der Waals surface area contributed by atoms with Crippen LogP contribution in [-0.2, 0) is 4.79 Å². The Morgan fingerprint density at radius 1 is 1.15 bits per heavy atom. The molecule has 0 saturated heterocycles. The number of nitrogens with zero attached hydrogens (tertiary/aromatic N) is 2. The molecule has 6 heteroatoms. The Morgan fingerprint density at radius 3 is 2.56 bits per heavy atom. The molecule has 1 fully saturated rings. The largest absolute Gasteiger partial charge is 0.484 e. The van der Waals surface area contributed by atoms with Crippen LogP contribution in [0.3, 0.4) is 0 Å². The first-order chi connectivity index (χ1) is 13.2. The lowest BCUT2D eigenvalue weighted by Gasteiger charge is -2.10. The molecule has 0 unspecified atom stereocenters. The molecule has 1 aliphatic carbocycles. The zero-order chi connectivity index (χ0) is 18.6. The fourth-order valence-corrected chi connectivity index (χ4v) is 2.80. The van der Waals surface area contributed by atoms with Crippen molar-refractivity contribution >= 4 is 18.0 Å². The third kappa shape index (κ3) is 4.06. The molecule has 1 aliphatic rings. The van der Waals surface area contributed by atoms with E-state index in [9.17, 15) is 9.59 Å². The summed E-state index contributed by atoms with van der Waals surface area (Å²) in [7, 11) is 0. The summed E-state index contributed by atoms with van der Waals surface area (Å²) >= 11 is 0. The maximum atomic E-state index is 12.4. The summed E-state index contributed by atoms with van der Waals surface area (Å²) in [6, 6.07) is 18.3. The Morgan fingerprint density at radius 2 is 1.89 bits per heavy atom. The number of carbonyl (C=O) groups is 2. The SMILES string of the molecule is O=Cc1ccc(OCC(=O)Nc2cc(C3CC3)nn2-c2ccccc2)cc1. The van der Waals surface area contributed by atoms with Gasteiger partial charge in [0.15, 0.2) is 6.61 Å². The molecule has 0 radical (unpaired) electrons. The summed E-state index contributed by atoms with van der Waals surface area (Å²) in [5, 5.41) is 7.55. The lowest BCUT2D eigenvalue weighted by Crippen LogP contribution is -2.21. The number of rotatable bonds is 7. The van der Waals surface area contributed by atoms with Crippen LogP contribution >= 0.6 is 0 Å². The van der Waals surface area contributed by atoms with Crippen LogP contribution in [0.4, 0.5) is 5.82 Å². The molecule has 6 nitrogen and oxygen atoms in total. The lowest BCUT2D eigenvalue weighted by molar-refractivity contribution is -0.118. The molecule has 3 aromatic rings. The van der Waals surface area contributed by atoms with Crippen molar-refractivity contribution in [1.82, 2.24) is 9.78 Å². The summed E-state index contributed by atoms with van der Waals surface area (Å²) in [6.45, 7) is -0.126. The van der Waals surface area contributed by atoms with Crippen molar-refractivity contribution in [1.29, 1.82) is 0 Å². The molecule has 0 spiro atoms. The molecule has 1 N–H and O–H groups in total. The number of amides is 1. The van der Waals surface area contributed by atoms with E-state index in [0.29, 0.717) is 23.0 Å². The van der Waals surface area contributed by atoms with Gasteiger partial charge in [0.05, 0.1) is 11.4 Å². The summed E-state index contributed by atoms with van der Waals surface area (Å²) in [5.74, 6) is 1.38. The van der Waals surface area contributed by atoms with Crippen molar-refractivity contribution in [2.24, 2.45) is 0 Å². The molecule has 0 atom stereocenters. The predicted molar refractivity (Wildman–Crippen MR) is 101 cm³/mol. The van der Waals surface area contributed by atoms with Gasteiger partial charge < -0.3 is 10.1 Å². The topological polar surface area (TPSA) is 73.2 Å². The Bertz CT molecular complexity index is 945. The summed E-state index contributed by atoms with van der Waals surface area (Å²) in [5.41, 5.74) is 2.45. The number of para-hydroxylation sites is 1. The molecule has 1 heterocycles. The van der Waals surface area contributed by atoms with E-state index in [4.69, 9.17) is 4.74 Å². The van der Waals surface area contributed by atoms with Gasteiger partial charge in [-0.05, 0) is 49.2 Å². The maximum Gasteiger partial charge on any atom is 0.263 e. The number of hydrogen-bond acceptors (Lipinski definition) is 4. The second-order valence-electron chi connectivity index (χ2n) is 6.50. The van der Waals surface area contributed by atoms with E-state index >= 15 is 0 Å². The number of anilines is 1. The van der Waals surface area contributed by atoms with E-state index in [1.807, 2.05) is 36.4 Å². The Labute approximate surface area is 156 Å². The van der Waals surface area contributed by atoms with Gasteiger partial charge >= 0.3 is 0 Å². The van der Waals surface area contributed by atoms with E-state index in [1.165, 1.54) is 0 Å². The van der Waals surface area contributed by atoms with Gasteiger partial charge in [0.1, 0.15) is 17.9 Å². The third-order valence-corrected chi connectivity index (χ3v) is 4.38. The molecule has 0 aliphatic heterocycles. The van der Waals surface area contributed by atoms with Crippen LogP contribution in [0.15, 0.2) is 60.7 Å². The fourth-order valence-electron chi connectivity index (χ4n) is 2.80. The highest BCUT2D eigenvalue weighted by Crippen LogP contribution is 2.40. The van der Waals surface area contributed by atoms with Gasteiger partial charge in [-0.15, -0.1) is 0 Å². The minimum Gasteiger partial charge on any atom is -0.484 e. The lowest BCUT2D eigenvalue weighted by atomic mass is 10.2. The van der Waals surface area contributed by atoms with Crippen molar-refractivity contribution in [3.63, 3.8) is 0 Å². The molecule has 0 bridgehead atoms. The standard InChI is InChI=1S/C21H19N3O3/c25-13-15-6-10-18(11-7-15)27-14-21(26)22-20-12-19(16-8-9-16)23-24(20)17-4-2-1-3-5-17/h1-7,10-13,16H,8-9,14H2,(H,22,26). The van der Waals surface area contributed by atoms with Crippen molar-refractivity contribution in [2.45, 2.75) is 18.8 Å². The molecule has 1 saturated carbocycles. The van der Waals surface area contributed by atoms with Crippen LogP contribution < -0.4 is 10.1 Å². The van der Waals surface area contributed by atoms with Crippen LogP contribution in [0.2, 0.25) is 0 Å². The van der Waals surface area contributed by atoms with Gasteiger partial charge in [0.2, 0.25) is 0 Å². The van der Waals surface area contributed by atoms with Crippen LogP contribution in [0.25, 0.3) is 5.69 Å². The second-order valence-corrected chi connectivity index (χ2v) is 6.50. The van der Waals surface area contributed by atoms with E-state index in [0.717, 1.165) is 30.5 Å². The molecule has 136 valence electrons. The number of ether oxygens (including phenoxy) is 1. The molecule has 4 rings (SSSR count). The molecule has 1 aromatic heterocycles. The Kier molecular flexibility index (Phi) is 4.70. The minimum absolute atomic E-state index is 0.126. The van der Waals surface area contributed by atoms with Crippen molar-refractivity contribution < 1.29 is 14.3 Å². The smallest absolute Gasteiger partial charge is 0.263 e. The predicted octanol–water partition coefficient (Wildman–Crippen LogP) is 3.58. The van der Waals surface area contributed by atoms with Gasteiger partial charge in [0, 0.05) is 17.5 Å². The first-order valence-electron chi connectivity index (χ1n) is 8.86. The maximum absolute atomic E-state index is 12.4. The number of carbonyl (C=O) groups excluding carboxylic acids is 2. The van der Waals surface area contributed by atoms with Gasteiger partial charge in [0.25, 0.3) is 5.91 Å². The number of aromatic nitrogens is 2. The highest BCUT2D eigenvalue weighted by molar-refractivity contribution is 5.91. The fraction of sp³-hybridized carbons (Fsp3) is 0.190. The molecular formula is C21H19N3O3. The van der Waals surface area contributed by atoms with Crippen LogP contribution in [0.5, 0.6) is 5.75 Å². The average Bonchev–Trinajstić information content (AvgIpc) is 3.48. The normalized spacial score (nSPS) is 13.2. The van der Waals surface area contributed by atoms with Gasteiger partial charge in [-0.3, -0.25) is 9.59 Å². The number of benzene rings is 2. The highest BCUT2D eigenvalue weighted by Gasteiger charge is 2.28. The first kappa shape index (κ1) is 17.0. The third-order valence-electron chi connectivity index (χ3n) is 4.38. The molecular weight excluding hydrogens is 342 g/mol.